The first-order valence-electron chi connectivity index (χ1n) is 11.1. The second-order valence-corrected chi connectivity index (χ2v) is 9.90. The molecule has 0 fully saturated rings. The zero-order chi connectivity index (χ0) is 20.8. The van der Waals surface area contributed by atoms with Crippen LogP contribution in [0.5, 0.6) is 0 Å². The molecule has 27 heavy (non-hydrogen) atoms. The lowest BCUT2D eigenvalue weighted by Crippen LogP contribution is -2.13. The number of rotatable bonds is 18. The fourth-order valence-corrected chi connectivity index (χ4v) is 3.72. The van der Waals surface area contributed by atoms with Crippen molar-refractivity contribution in [1.82, 2.24) is 0 Å². The van der Waals surface area contributed by atoms with Gasteiger partial charge in [0.05, 0.1) is 6.10 Å². The average molecular weight is 387 g/mol. The molecule has 162 valence electrons. The SMILES string of the molecule is CC(C)(CCCO)CCCCCC(O)CCCCCC(C)(C)CCC(=O)O. The highest BCUT2D eigenvalue weighted by Crippen LogP contribution is 2.30. The zero-order valence-electron chi connectivity index (χ0n) is 18.4. The zero-order valence-corrected chi connectivity index (χ0v) is 18.4. The third kappa shape index (κ3) is 17.2. The number of hydrogen-bond donors (Lipinski definition) is 3. The molecule has 0 aliphatic heterocycles. The van der Waals surface area contributed by atoms with Gasteiger partial charge in [0.15, 0.2) is 0 Å². The van der Waals surface area contributed by atoms with Crippen molar-refractivity contribution in [3.05, 3.63) is 0 Å². The molecule has 3 N–H and O–H groups in total. The average Bonchev–Trinajstić information content (AvgIpc) is 2.57. The lowest BCUT2D eigenvalue weighted by Gasteiger charge is -2.24. The van der Waals surface area contributed by atoms with Crippen LogP contribution >= 0.6 is 0 Å². The van der Waals surface area contributed by atoms with Gasteiger partial charge in [0.25, 0.3) is 0 Å². The van der Waals surface area contributed by atoms with E-state index in [1.807, 2.05) is 0 Å². The van der Waals surface area contributed by atoms with E-state index in [1.54, 1.807) is 0 Å². The standard InChI is InChI=1S/C23H46O4/c1-22(2,17-11-19-24)15-9-5-7-12-20(25)13-8-6-10-16-23(3,4)18-14-21(26)27/h20,24-25H,5-19H2,1-4H3,(H,26,27). The molecule has 0 bridgehead atoms. The number of aliphatic hydroxyl groups is 2. The lowest BCUT2D eigenvalue weighted by molar-refractivity contribution is -0.137. The number of carboxylic acids is 1. The van der Waals surface area contributed by atoms with Gasteiger partial charge in [-0.15, -0.1) is 0 Å². The summed E-state index contributed by atoms with van der Waals surface area (Å²) in [6.07, 6.45) is 13.6. The van der Waals surface area contributed by atoms with Gasteiger partial charge in [0.2, 0.25) is 0 Å². The summed E-state index contributed by atoms with van der Waals surface area (Å²) in [6.45, 7) is 9.14. The molecule has 0 aromatic rings. The maximum absolute atomic E-state index is 10.7. The first-order chi connectivity index (χ1) is 12.6. The molecule has 0 aliphatic carbocycles. The van der Waals surface area contributed by atoms with Crippen LogP contribution in [0, 0.1) is 10.8 Å². The van der Waals surface area contributed by atoms with Gasteiger partial charge in [0, 0.05) is 13.0 Å². The van der Waals surface area contributed by atoms with Crippen LogP contribution in [0.4, 0.5) is 0 Å². The summed E-state index contributed by atoms with van der Waals surface area (Å²) in [6, 6.07) is 0. The molecule has 0 radical (unpaired) electrons. The summed E-state index contributed by atoms with van der Waals surface area (Å²) in [5, 5.41) is 27.9. The van der Waals surface area contributed by atoms with E-state index in [1.165, 1.54) is 19.3 Å². The molecular weight excluding hydrogens is 340 g/mol. The molecule has 0 heterocycles. The maximum Gasteiger partial charge on any atom is 0.303 e. The fourth-order valence-electron chi connectivity index (χ4n) is 3.72. The molecule has 0 aliphatic rings. The van der Waals surface area contributed by atoms with E-state index in [-0.39, 0.29) is 24.5 Å². The number of aliphatic carboxylic acids is 1. The monoisotopic (exact) mass is 386 g/mol. The summed E-state index contributed by atoms with van der Waals surface area (Å²) in [7, 11) is 0. The second-order valence-electron chi connectivity index (χ2n) is 9.90. The van der Waals surface area contributed by atoms with Crippen LogP contribution in [-0.4, -0.2) is 34.0 Å². The summed E-state index contributed by atoms with van der Waals surface area (Å²) in [5.74, 6) is -0.708. The highest BCUT2D eigenvalue weighted by molar-refractivity contribution is 5.66. The Balaban J connectivity index is 3.61. The van der Waals surface area contributed by atoms with Crippen molar-refractivity contribution in [2.45, 2.75) is 124 Å². The van der Waals surface area contributed by atoms with E-state index in [2.05, 4.69) is 27.7 Å². The Labute approximate surface area is 167 Å². The molecule has 4 nitrogen and oxygen atoms in total. The molecule has 0 amide bonds. The normalized spacial score (nSPS) is 13.7. The Hall–Kier alpha value is -0.610. The van der Waals surface area contributed by atoms with Crippen LogP contribution in [0.3, 0.4) is 0 Å². The minimum absolute atomic E-state index is 0.0992. The number of carbonyl (C=O) groups is 1. The first kappa shape index (κ1) is 26.4. The molecule has 1 unspecified atom stereocenters. The third-order valence-corrected chi connectivity index (χ3v) is 5.81. The molecule has 0 aromatic heterocycles. The second kappa shape index (κ2) is 14.4. The van der Waals surface area contributed by atoms with Crippen LogP contribution < -0.4 is 0 Å². The lowest BCUT2D eigenvalue weighted by atomic mass is 9.82. The molecule has 0 saturated heterocycles. The summed E-state index contributed by atoms with van der Waals surface area (Å²) in [5.41, 5.74) is 0.418. The van der Waals surface area contributed by atoms with Crippen LogP contribution in [0.1, 0.15) is 118 Å². The molecule has 4 heteroatoms. The van der Waals surface area contributed by atoms with Gasteiger partial charge in [-0.2, -0.15) is 0 Å². The maximum atomic E-state index is 10.7. The van der Waals surface area contributed by atoms with Gasteiger partial charge in [-0.25, -0.2) is 0 Å². The van der Waals surface area contributed by atoms with Crippen molar-refractivity contribution < 1.29 is 20.1 Å². The molecule has 0 aromatic carbocycles. The van der Waals surface area contributed by atoms with E-state index in [4.69, 9.17) is 10.2 Å². The Kier molecular flexibility index (Phi) is 14.1. The van der Waals surface area contributed by atoms with E-state index >= 15 is 0 Å². The molecular formula is C23H46O4. The smallest absolute Gasteiger partial charge is 0.303 e. The van der Waals surface area contributed by atoms with E-state index in [0.717, 1.165) is 64.2 Å². The van der Waals surface area contributed by atoms with Gasteiger partial charge in [-0.1, -0.05) is 66.2 Å². The predicted molar refractivity (Wildman–Crippen MR) is 113 cm³/mol. The first-order valence-corrected chi connectivity index (χ1v) is 11.1. The third-order valence-electron chi connectivity index (χ3n) is 5.81. The van der Waals surface area contributed by atoms with Gasteiger partial charge < -0.3 is 15.3 Å². The molecule has 0 saturated carbocycles. The topological polar surface area (TPSA) is 77.8 Å². The minimum Gasteiger partial charge on any atom is -0.481 e. The Bertz CT molecular complexity index is 377. The van der Waals surface area contributed by atoms with Crippen molar-refractivity contribution in [1.29, 1.82) is 0 Å². The Morgan fingerprint density at radius 1 is 0.741 bits per heavy atom. The van der Waals surface area contributed by atoms with Gasteiger partial charge in [-0.05, 0) is 55.8 Å². The number of hydrogen-bond acceptors (Lipinski definition) is 3. The molecule has 0 spiro atoms. The van der Waals surface area contributed by atoms with E-state index in [9.17, 15) is 9.90 Å². The van der Waals surface area contributed by atoms with Crippen LogP contribution in [0.15, 0.2) is 0 Å². The van der Waals surface area contributed by atoms with Crippen LogP contribution in [0.2, 0.25) is 0 Å². The highest BCUT2D eigenvalue weighted by atomic mass is 16.4. The van der Waals surface area contributed by atoms with E-state index in [0.29, 0.717) is 5.41 Å². The Morgan fingerprint density at radius 2 is 1.19 bits per heavy atom. The van der Waals surface area contributed by atoms with E-state index < -0.39 is 5.97 Å². The quantitative estimate of drug-likeness (QED) is 0.255. The Morgan fingerprint density at radius 3 is 1.63 bits per heavy atom. The van der Waals surface area contributed by atoms with Gasteiger partial charge >= 0.3 is 5.97 Å². The predicted octanol–water partition coefficient (Wildman–Crippen LogP) is 5.94. The van der Waals surface area contributed by atoms with Gasteiger partial charge in [-0.3, -0.25) is 4.79 Å². The van der Waals surface area contributed by atoms with Crippen LogP contribution in [-0.2, 0) is 4.79 Å². The van der Waals surface area contributed by atoms with Crippen molar-refractivity contribution in [3.8, 4) is 0 Å². The number of aliphatic hydroxyl groups excluding tert-OH is 2. The molecule has 0 rings (SSSR count). The van der Waals surface area contributed by atoms with Crippen LogP contribution in [0.25, 0.3) is 0 Å². The van der Waals surface area contributed by atoms with Crippen molar-refractivity contribution >= 4 is 5.97 Å². The summed E-state index contributed by atoms with van der Waals surface area (Å²) in [4.78, 5) is 10.7. The number of unbranched alkanes of at least 4 members (excludes halogenated alkanes) is 4. The van der Waals surface area contributed by atoms with Crippen molar-refractivity contribution in [3.63, 3.8) is 0 Å². The van der Waals surface area contributed by atoms with Crippen molar-refractivity contribution in [2.75, 3.05) is 6.61 Å². The highest BCUT2D eigenvalue weighted by Gasteiger charge is 2.19. The van der Waals surface area contributed by atoms with Crippen molar-refractivity contribution in [2.24, 2.45) is 10.8 Å². The molecule has 1 atom stereocenters. The summed E-state index contributed by atoms with van der Waals surface area (Å²) < 4.78 is 0. The fraction of sp³-hybridized carbons (Fsp3) is 0.957. The number of carboxylic acid groups (broad SMARTS) is 1. The minimum atomic E-state index is -0.708. The summed E-state index contributed by atoms with van der Waals surface area (Å²) >= 11 is 0. The largest absolute Gasteiger partial charge is 0.481 e. The van der Waals surface area contributed by atoms with Gasteiger partial charge in [0.1, 0.15) is 0 Å².